The molecule has 2 aromatic heterocycles. The summed E-state index contributed by atoms with van der Waals surface area (Å²) in [4.78, 5) is 19.0. The topological polar surface area (TPSA) is 92.5 Å². The molecule has 1 saturated heterocycles. The van der Waals surface area contributed by atoms with Gasteiger partial charge in [-0.05, 0) is 24.1 Å². The Hall–Kier alpha value is -3.96. The van der Waals surface area contributed by atoms with E-state index in [1.54, 1.807) is 28.9 Å². The predicted molar refractivity (Wildman–Crippen MR) is 140 cm³/mol. The number of ether oxygens (including phenoxy) is 1. The number of pyridine rings is 1. The van der Waals surface area contributed by atoms with Crippen LogP contribution in [0, 0.1) is 5.82 Å². The van der Waals surface area contributed by atoms with Gasteiger partial charge in [0.1, 0.15) is 11.9 Å². The minimum Gasteiger partial charge on any atom is -0.465 e. The fourth-order valence-electron chi connectivity index (χ4n) is 5.14. The smallest absolute Gasteiger partial charge is 0.340 e. The molecule has 2 N–H and O–H groups in total. The van der Waals surface area contributed by atoms with Crippen molar-refractivity contribution in [2.24, 2.45) is 7.05 Å². The number of hydrogen-bond donors (Lipinski definition) is 2. The molecule has 0 saturated carbocycles. The number of benzene rings is 2. The lowest BCUT2D eigenvalue weighted by molar-refractivity contribution is -0.0555. The van der Waals surface area contributed by atoms with Gasteiger partial charge in [-0.3, -0.25) is 9.67 Å². The molecule has 11 heteroatoms. The zero-order valence-electron chi connectivity index (χ0n) is 21.4. The van der Waals surface area contributed by atoms with Gasteiger partial charge in [0.25, 0.3) is 6.43 Å². The number of methoxy groups -OCH3 is 1. The van der Waals surface area contributed by atoms with Gasteiger partial charge in [0.2, 0.25) is 0 Å². The van der Waals surface area contributed by atoms with Crippen LogP contribution in [-0.2, 0) is 18.3 Å². The standard InChI is InChI=1S/C28H28F3N5O3/c1-35-23-12-21(29)19(10-18(23)14-34-35)22-11-20(27(38)39-2)24(15-32-22)36-9-8-28(16-36,25(37)26(30)31)33-13-17-6-4-3-5-7-17/h3-7,10-12,14-15,25-26,33,37H,8-9,13,16H2,1-2H3/t25-,28-/m1/s1. The third-order valence-electron chi connectivity index (χ3n) is 7.33. The molecule has 2 atom stereocenters. The molecule has 0 amide bonds. The predicted octanol–water partition coefficient (Wildman–Crippen LogP) is 3.93. The first-order chi connectivity index (χ1) is 18.7. The Kier molecular flexibility index (Phi) is 7.28. The van der Waals surface area contributed by atoms with Crippen molar-refractivity contribution in [3.05, 3.63) is 77.9 Å². The van der Waals surface area contributed by atoms with Crippen molar-refractivity contribution in [2.45, 2.75) is 31.0 Å². The lowest BCUT2D eigenvalue weighted by Crippen LogP contribution is -2.58. The van der Waals surface area contributed by atoms with E-state index in [-0.39, 0.29) is 42.9 Å². The maximum Gasteiger partial charge on any atom is 0.340 e. The second kappa shape index (κ2) is 10.7. The van der Waals surface area contributed by atoms with Gasteiger partial charge >= 0.3 is 5.97 Å². The molecule has 4 aromatic rings. The number of halogens is 3. The summed E-state index contributed by atoms with van der Waals surface area (Å²) in [5.74, 6) is -1.21. The maximum absolute atomic E-state index is 15.1. The second-order valence-corrected chi connectivity index (χ2v) is 9.68. The Morgan fingerprint density at radius 1 is 1.21 bits per heavy atom. The maximum atomic E-state index is 15.1. The normalized spacial score (nSPS) is 18.2. The molecule has 1 fully saturated rings. The zero-order valence-corrected chi connectivity index (χ0v) is 21.4. The molecule has 0 bridgehead atoms. The third-order valence-corrected chi connectivity index (χ3v) is 7.33. The molecule has 8 nitrogen and oxygen atoms in total. The molecule has 1 aliphatic heterocycles. The summed E-state index contributed by atoms with van der Waals surface area (Å²) in [6, 6.07) is 13.7. The van der Waals surface area contributed by atoms with Gasteiger partial charge in [-0.2, -0.15) is 5.10 Å². The van der Waals surface area contributed by atoms with E-state index < -0.39 is 29.9 Å². The van der Waals surface area contributed by atoms with Crippen LogP contribution in [-0.4, -0.2) is 64.1 Å². The minimum absolute atomic E-state index is 0.00757. The van der Waals surface area contributed by atoms with Crippen molar-refractivity contribution in [2.75, 3.05) is 25.1 Å². The highest BCUT2D eigenvalue weighted by atomic mass is 19.3. The molecule has 39 heavy (non-hydrogen) atoms. The highest BCUT2D eigenvalue weighted by molar-refractivity contribution is 5.97. The monoisotopic (exact) mass is 539 g/mol. The largest absolute Gasteiger partial charge is 0.465 e. The van der Waals surface area contributed by atoms with Gasteiger partial charge in [0.05, 0.1) is 47.5 Å². The van der Waals surface area contributed by atoms with Crippen molar-refractivity contribution in [1.82, 2.24) is 20.1 Å². The first-order valence-corrected chi connectivity index (χ1v) is 12.4. The van der Waals surface area contributed by atoms with Crippen LogP contribution in [0.3, 0.4) is 0 Å². The molecule has 204 valence electrons. The van der Waals surface area contributed by atoms with Gasteiger partial charge < -0.3 is 20.1 Å². The molecule has 1 aliphatic rings. The average molecular weight is 540 g/mol. The molecule has 0 aliphatic carbocycles. The zero-order chi connectivity index (χ0) is 27.7. The van der Waals surface area contributed by atoms with Crippen LogP contribution in [0.5, 0.6) is 0 Å². The number of aromatic nitrogens is 3. The highest BCUT2D eigenvalue weighted by Gasteiger charge is 2.48. The van der Waals surface area contributed by atoms with E-state index in [2.05, 4.69) is 15.4 Å². The van der Waals surface area contributed by atoms with E-state index in [9.17, 15) is 18.7 Å². The van der Waals surface area contributed by atoms with Crippen molar-refractivity contribution < 1.29 is 27.8 Å². The molecular weight excluding hydrogens is 511 g/mol. The fraction of sp³-hybridized carbons (Fsp3) is 0.321. The summed E-state index contributed by atoms with van der Waals surface area (Å²) in [5, 5.41) is 18.6. The Balaban J connectivity index is 1.49. The SMILES string of the molecule is COC(=O)c1cc(-c2cc3cnn(C)c3cc2F)ncc1N1CC[C@](NCc2ccccc2)([C@H](O)C(F)F)C1. The van der Waals surface area contributed by atoms with E-state index in [1.807, 2.05) is 30.3 Å². The van der Waals surface area contributed by atoms with Crippen LogP contribution in [0.4, 0.5) is 18.9 Å². The number of aryl methyl sites for hydroxylation is 1. The van der Waals surface area contributed by atoms with E-state index in [0.717, 1.165) is 5.56 Å². The summed E-state index contributed by atoms with van der Waals surface area (Å²) in [6.45, 7) is 0.536. The molecule has 0 unspecified atom stereocenters. The number of carbonyl (C=O) groups is 1. The Morgan fingerprint density at radius 3 is 2.69 bits per heavy atom. The number of esters is 1. The van der Waals surface area contributed by atoms with Crippen LogP contribution < -0.4 is 10.2 Å². The molecule has 0 spiro atoms. The summed E-state index contributed by atoms with van der Waals surface area (Å²) in [7, 11) is 2.93. The number of carbonyl (C=O) groups excluding carboxylic acids is 1. The van der Waals surface area contributed by atoms with Crippen molar-refractivity contribution in [1.29, 1.82) is 0 Å². The number of aliphatic hydroxyl groups excluding tert-OH is 1. The molecule has 3 heterocycles. The van der Waals surface area contributed by atoms with Crippen LogP contribution in [0.2, 0.25) is 0 Å². The van der Waals surface area contributed by atoms with E-state index in [1.165, 1.54) is 25.4 Å². The lowest BCUT2D eigenvalue weighted by Gasteiger charge is -2.35. The average Bonchev–Trinajstić information content (AvgIpc) is 3.55. The first kappa shape index (κ1) is 26.6. The lowest BCUT2D eigenvalue weighted by atomic mass is 9.90. The van der Waals surface area contributed by atoms with E-state index in [4.69, 9.17) is 4.74 Å². The van der Waals surface area contributed by atoms with Gasteiger partial charge in [-0.15, -0.1) is 0 Å². The van der Waals surface area contributed by atoms with Crippen LogP contribution in [0.15, 0.2) is 60.9 Å². The van der Waals surface area contributed by atoms with Crippen molar-refractivity contribution in [3.63, 3.8) is 0 Å². The quantitative estimate of drug-likeness (QED) is 0.328. The number of hydrogen-bond acceptors (Lipinski definition) is 7. The van der Waals surface area contributed by atoms with Crippen molar-refractivity contribution in [3.8, 4) is 11.3 Å². The molecule has 0 radical (unpaired) electrons. The second-order valence-electron chi connectivity index (χ2n) is 9.68. The molecule has 2 aromatic carbocycles. The summed E-state index contributed by atoms with van der Waals surface area (Å²) < 4.78 is 49.2. The summed E-state index contributed by atoms with van der Waals surface area (Å²) in [5.41, 5.74) is 0.994. The van der Waals surface area contributed by atoms with Crippen molar-refractivity contribution >= 4 is 22.6 Å². The number of rotatable bonds is 8. The fourth-order valence-corrected chi connectivity index (χ4v) is 5.14. The summed E-state index contributed by atoms with van der Waals surface area (Å²) in [6.07, 6.45) is -1.70. The van der Waals surface area contributed by atoms with Gasteiger partial charge in [0.15, 0.2) is 0 Å². The highest BCUT2D eigenvalue weighted by Crippen LogP contribution is 2.36. The van der Waals surface area contributed by atoms with Gasteiger partial charge in [-0.25, -0.2) is 18.0 Å². The number of nitrogens with zero attached hydrogens (tertiary/aromatic N) is 4. The van der Waals surface area contributed by atoms with Crippen LogP contribution in [0.25, 0.3) is 22.2 Å². The number of aliphatic hydroxyl groups is 1. The Labute approximate surface area is 223 Å². The third kappa shape index (κ3) is 5.07. The van der Waals surface area contributed by atoms with E-state index >= 15 is 4.39 Å². The van der Waals surface area contributed by atoms with Gasteiger partial charge in [0, 0.05) is 43.7 Å². The van der Waals surface area contributed by atoms with Gasteiger partial charge in [-0.1, -0.05) is 30.3 Å². The first-order valence-electron chi connectivity index (χ1n) is 12.4. The molecule has 5 rings (SSSR count). The van der Waals surface area contributed by atoms with Crippen LogP contribution in [0.1, 0.15) is 22.3 Å². The van der Waals surface area contributed by atoms with E-state index in [0.29, 0.717) is 16.6 Å². The number of anilines is 1. The summed E-state index contributed by atoms with van der Waals surface area (Å²) >= 11 is 0. The number of nitrogens with one attached hydrogen (secondary N) is 1. The molecular formula is C28H28F3N5O3. The van der Waals surface area contributed by atoms with Crippen LogP contribution >= 0.6 is 0 Å². The number of alkyl halides is 2. The number of fused-ring (bicyclic) bond motifs is 1. The Bertz CT molecular complexity index is 1500. The minimum atomic E-state index is -2.97. The Morgan fingerprint density at radius 2 is 1.97 bits per heavy atom.